The smallest absolute Gasteiger partial charge is 0.338 e. The van der Waals surface area contributed by atoms with Crippen LogP contribution in [0.2, 0.25) is 0 Å². The molecule has 4 rings (SSSR count). The van der Waals surface area contributed by atoms with Gasteiger partial charge in [0.15, 0.2) is 5.17 Å². The molecule has 38 heavy (non-hydrogen) atoms. The molecule has 2 atom stereocenters. The molecular formula is C29H37N3O5S. The fraction of sp³-hybridized carbons (Fsp3) is 0.517. The average molecular weight is 540 g/mol. The van der Waals surface area contributed by atoms with Crippen molar-refractivity contribution in [2.24, 2.45) is 10.9 Å². The van der Waals surface area contributed by atoms with E-state index in [1.165, 1.54) is 24.4 Å². The van der Waals surface area contributed by atoms with Crippen LogP contribution < -0.4 is 0 Å². The van der Waals surface area contributed by atoms with Crippen molar-refractivity contribution in [2.45, 2.75) is 65.3 Å². The molecule has 3 aliphatic rings. The van der Waals surface area contributed by atoms with Gasteiger partial charge in [-0.25, -0.2) is 9.79 Å². The summed E-state index contributed by atoms with van der Waals surface area (Å²) in [6.45, 7) is 9.37. The Bertz CT molecular complexity index is 1170. The number of carbonyl (C=O) groups is 3. The highest BCUT2D eigenvalue weighted by molar-refractivity contribution is 8.16. The van der Waals surface area contributed by atoms with E-state index in [-0.39, 0.29) is 24.2 Å². The molecule has 0 bridgehead atoms. The van der Waals surface area contributed by atoms with Crippen molar-refractivity contribution in [1.82, 2.24) is 9.80 Å². The van der Waals surface area contributed by atoms with Crippen molar-refractivity contribution in [2.75, 3.05) is 26.8 Å². The predicted molar refractivity (Wildman–Crippen MR) is 148 cm³/mol. The van der Waals surface area contributed by atoms with Crippen LogP contribution in [0.15, 0.2) is 51.6 Å². The number of nitrogens with zero attached hydrogens (tertiary/aromatic N) is 3. The molecule has 1 aromatic carbocycles. The van der Waals surface area contributed by atoms with Crippen LogP contribution in [0.4, 0.5) is 0 Å². The first-order valence-electron chi connectivity index (χ1n) is 13.4. The Morgan fingerprint density at radius 3 is 2.53 bits per heavy atom. The second-order valence-corrected chi connectivity index (χ2v) is 10.9. The summed E-state index contributed by atoms with van der Waals surface area (Å²) in [6.07, 6.45) is 2.23. The normalized spacial score (nSPS) is 21.2. The zero-order valence-electron chi connectivity index (χ0n) is 22.9. The Kier molecular flexibility index (Phi) is 8.97. The molecule has 3 heterocycles. The fourth-order valence-corrected chi connectivity index (χ4v) is 6.15. The number of hydrogen-bond acceptors (Lipinski definition) is 8. The minimum absolute atomic E-state index is 0.0501. The monoisotopic (exact) mass is 539 g/mol. The number of rotatable bonds is 8. The van der Waals surface area contributed by atoms with E-state index in [4.69, 9.17) is 14.5 Å². The third-order valence-electron chi connectivity index (χ3n) is 7.27. The number of amidine groups is 1. The van der Waals surface area contributed by atoms with Crippen LogP contribution in [-0.4, -0.2) is 59.6 Å². The van der Waals surface area contributed by atoms with Gasteiger partial charge in [-0.05, 0) is 48.6 Å². The molecule has 1 aromatic rings. The SMILES string of the molecule is CCOC(=O)[C@@H]1CCCN(C(=O)CC2=CSC3=NC(CC)=C(C(=O)OC)[C@H](c4ccc(C(C)C)cc4)N23)C1. The summed E-state index contributed by atoms with van der Waals surface area (Å²) in [7, 11) is 1.39. The number of thioether (sulfide) groups is 1. The van der Waals surface area contributed by atoms with E-state index in [1.807, 2.05) is 17.2 Å². The Hall–Kier alpha value is -3.07. The van der Waals surface area contributed by atoms with Gasteiger partial charge >= 0.3 is 11.9 Å². The van der Waals surface area contributed by atoms with Gasteiger partial charge in [-0.15, -0.1) is 0 Å². The summed E-state index contributed by atoms with van der Waals surface area (Å²) in [6, 6.07) is 7.83. The number of allylic oxidation sites excluding steroid dienone is 1. The summed E-state index contributed by atoms with van der Waals surface area (Å²) in [5, 5.41) is 2.70. The van der Waals surface area contributed by atoms with E-state index in [9.17, 15) is 14.4 Å². The van der Waals surface area contributed by atoms with Crippen LogP contribution in [-0.2, 0) is 23.9 Å². The number of carbonyl (C=O) groups excluding carboxylic acids is 3. The maximum atomic E-state index is 13.5. The van der Waals surface area contributed by atoms with Crippen molar-refractivity contribution < 1.29 is 23.9 Å². The van der Waals surface area contributed by atoms with Gasteiger partial charge in [-0.2, -0.15) is 0 Å². The van der Waals surface area contributed by atoms with Crippen LogP contribution >= 0.6 is 11.8 Å². The average Bonchev–Trinajstić information content (AvgIpc) is 3.33. The van der Waals surface area contributed by atoms with Gasteiger partial charge in [0.2, 0.25) is 5.91 Å². The standard InChI is InChI=1S/C29H37N3O5S/c1-6-23-25(28(35)36-5)26(20-12-10-19(11-13-20)18(3)4)32-22(17-38-29(32)30-23)15-24(33)31-14-8-9-21(16-31)27(34)37-7-2/h10-13,17-18,21,26H,6-9,14-16H2,1-5H3/t21-,26+/m1/s1. The van der Waals surface area contributed by atoms with E-state index >= 15 is 0 Å². The third kappa shape index (κ3) is 5.67. The first kappa shape index (κ1) is 28.0. The second kappa shape index (κ2) is 12.2. The summed E-state index contributed by atoms with van der Waals surface area (Å²) in [5.74, 6) is -0.618. The number of piperidine rings is 1. The molecule has 1 fully saturated rings. The summed E-state index contributed by atoms with van der Waals surface area (Å²) < 4.78 is 10.4. The highest BCUT2D eigenvalue weighted by Crippen LogP contribution is 2.45. The first-order valence-corrected chi connectivity index (χ1v) is 14.3. The van der Waals surface area contributed by atoms with E-state index < -0.39 is 12.0 Å². The number of benzene rings is 1. The van der Waals surface area contributed by atoms with Crippen LogP contribution in [0.3, 0.4) is 0 Å². The van der Waals surface area contributed by atoms with Crippen LogP contribution in [0, 0.1) is 5.92 Å². The molecule has 0 aliphatic carbocycles. The number of ether oxygens (including phenoxy) is 2. The maximum absolute atomic E-state index is 13.5. The van der Waals surface area contributed by atoms with E-state index in [0.29, 0.717) is 43.3 Å². The molecule has 0 saturated carbocycles. The zero-order chi connectivity index (χ0) is 27.4. The van der Waals surface area contributed by atoms with Crippen molar-refractivity contribution in [3.63, 3.8) is 0 Å². The molecule has 204 valence electrons. The molecule has 0 N–H and O–H groups in total. The zero-order valence-corrected chi connectivity index (χ0v) is 23.7. The number of hydrogen-bond donors (Lipinski definition) is 0. The van der Waals surface area contributed by atoms with Gasteiger partial charge in [0.1, 0.15) is 0 Å². The van der Waals surface area contributed by atoms with Gasteiger partial charge in [-0.1, -0.05) is 56.8 Å². The Labute approximate surface area is 229 Å². The molecule has 1 amide bonds. The molecule has 0 aromatic heterocycles. The van der Waals surface area contributed by atoms with E-state index in [0.717, 1.165) is 29.3 Å². The van der Waals surface area contributed by atoms with Gasteiger partial charge in [0, 0.05) is 18.8 Å². The largest absolute Gasteiger partial charge is 0.466 e. The lowest BCUT2D eigenvalue weighted by atomic mass is 9.91. The van der Waals surface area contributed by atoms with E-state index in [2.05, 4.69) is 38.1 Å². The molecule has 0 unspecified atom stereocenters. The lowest BCUT2D eigenvalue weighted by molar-refractivity contribution is -0.151. The van der Waals surface area contributed by atoms with Crippen molar-refractivity contribution in [3.8, 4) is 0 Å². The van der Waals surface area contributed by atoms with Crippen molar-refractivity contribution >= 4 is 34.8 Å². The summed E-state index contributed by atoms with van der Waals surface area (Å²) in [4.78, 5) is 47.4. The van der Waals surface area contributed by atoms with Crippen LogP contribution in [0.1, 0.15) is 76.5 Å². The number of likely N-dealkylation sites (tertiary alicyclic amines) is 1. The number of aliphatic imine (C=N–C) groups is 1. The topological polar surface area (TPSA) is 88.5 Å². The maximum Gasteiger partial charge on any atom is 0.338 e. The predicted octanol–water partition coefficient (Wildman–Crippen LogP) is 5.14. The lowest BCUT2D eigenvalue weighted by Crippen LogP contribution is -2.44. The van der Waals surface area contributed by atoms with Crippen molar-refractivity contribution in [1.29, 1.82) is 0 Å². The molecule has 0 radical (unpaired) electrons. The molecular weight excluding hydrogens is 502 g/mol. The lowest BCUT2D eigenvalue weighted by Gasteiger charge is -2.37. The van der Waals surface area contributed by atoms with Crippen LogP contribution in [0.5, 0.6) is 0 Å². The number of esters is 2. The number of fused-ring (bicyclic) bond motifs is 1. The Balaban J connectivity index is 1.63. The first-order chi connectivity index (χ1) is 18.3. The third-order valence-corrected chi connectivity index (χ3v) is 8.16. The highest BCUT2D eigenvalue weighted by atomic mass is 32.2. The number of amides is 1. The quantitative estimate of drug-likeness (QED) is 0.423. The van der Waals surface area contributed by atoms with E-state index in [1.54, 1.807) is 11.8 Å². The second-order valence-electron chi connectivity index (χ2n) is 10.0. The molecule has 1 saturated heterocycles. The Morgan fingerprint density at radius 2 is 1.89 bits per heavy atom. The van der Waals surface area contributed by atoms with Crippen molar-refractivity contribution in [3.05, 3.63) is 57.8 Å². The molecule has 9 heteroatoms. The van der Waals surface area contributed by atoms with Gasteiger partial charge < -0.3 is 19.3 Å². The molecule has 3 aliphatic heterocycles. The van der Waals surface area contributed by atoms with Gasteiger partial charge in [-0.3, -0.25) is 9.59 Å². The summed E-state index contributed by atoms with van der Waals surface area (Å²) >= 11 is 1.46. The highest BCUT2D eigenvalue weighted by Gasteiger charge is 2.42. The summed E-state index contributed by atoms with van der Waals surface area (Å²) in [5.41, 5.74) is 4.13. The fourth-order valence-electron chi connectivity index (χ4n) is 5.21. The Morgan fingerprint density at radius 1 is 1.16 bits per heavy atom. The van der Waals surface area contributed by atoms with Gasteiger partial charge in [0.25, 0.3) is 0 Å². The molecule has 0 spiro atoms. The minimum Gasteiger partial charge on any atom is -0.466 e. The number of methoxy groups -OCH3 is 1. The minimum atomic E-state index is -0.450. The molecule has 8 nitrogen and oxygen atoms in total. The van der Waals surface area contributed by atoms with Gasteiger partial charge in [0.05, 0.1) is 43.4 Å². The van der Waals surface area contributed by atoms with Crippen LogP contribution in [0.25, 0.3) is 0 Å².